The standard InChI is InChI=1S/C12H14F3NO3/c1-2-18-11(17)9(13)10(16)7-4-3-5-8(6-7)19-12(14)15/h3-6,9-10,12H,2,16H2,1H3/t9?,10-/m0/s1. The van der Waals surface area contributed by atoms with Gasteiger partial charge in [-0.2, -0.15) is 8.78 Å². The van der Waals surface area contributed by atoms with Crippen molar-refractivity contribution in [3.63, 3.8) is 0 Å². The minimum atomic E-state index is -2.99. The van der Waals surface area contributed by atoms with Gasteiger partial charge in [-0.25, -0.2) is 9.18 Å². The Labute approximate surface area is 108 Å². The minimum Gasteiger partial charge on any atom is -0.464 e. The van der Waals surface area contributed by atoms with Crippen molar-refractivity contribution in [3.8, 4) is 5.75 Å². The molecule has 1 unspecified atom stereocenters. The van der Waals surface area contributed by atoms with Gasteiger partial charge in [-0.3, -0.25) is 0 Å². The maximum Gasteiger partial charge on any atom is 0.387 e. The maximum atomic E-state index is 13.7. The van der Waals surface area contributed by atoms with E-state index in [1.165, 1.54) is 25.1 Å². The molecule has 0 amide bonds. The van der Waals surface area contributed by atoms with Gasteiger partial charge in [-0.15, -0.1) is 0 Å². The van der Waals surface area contributed by atoms with E-state index in [0.717, 1.165) is 6.07 Å². The molecule has 0 heterocycles. The number of esters is 1. The van der Waals surface area contributed by atoms with E-state index in [1.807, 2.05) is 0 Å². The Bertz CT molecular complexity index is 428. The van der Waals surface area contributed by atoms with Crippen LogP contribution in [0, 0.1) is 0 Å². The average Bonchev–Trinajstić information content (AvgIpc) is 2.36. The zero-order chi connectivity index (χ0) is 14.4. The SMILES string of the molecule is CCOC(=O)C(F)[C@@H](N)c1cccc(OC(F)F)c1. The minimum absolute atomic E-state index is 0.0283. The van der Waals surface area contributed by atoms with Crippen LogP contribution in [-0.2, 0) is 9.53 Å². The molecule has 1 rings (SSSR count). The Hall–Kier alpha value is -1.76. The summed E-state index contributed by atoms with van der Waals surface area (Å²) in [6.45, 7) is -1.42. The Balaban J connectivity index is 2.81. The lowest BCUT2D eigenvalue weighted by atomic mass is 10.0. The summed E-state index contributed by atoms with van der Waals surface area (Å²) in [5, 5.41) is 0. The maximum absolute atomic E-state index is 13.7. The predicted octanol–water partition coefficient (Wildman–Crippen LogP) is 2.19. The van der Waals surface area contributed by atoms with Crippen molar-refractivity contribution in [2.24, 2.45) is 5.73 Å². The molecule has 0 fully saturated rings. The van der Waals surface area contributed by atoms with Crippen LogP contribution >= 0.6 is 0 Å². The molecule has 0 aliphatic rings. The Morgan fingerprint density at radius 3 is 2.63 bits per heavy atom. The van der Waals surface area contributed by atoms with Crippen molar-refractivity contribution in [3.05, 3.63) is 29.8 Å². The smallest absolute Gasteiger partial charge is 0.387 e. The summed E-state index contributed by atoms with van der Waals surface area (Å²) in [6, 6.07) is 3.92. The van der Waals surface area contributed by atoms with Crippen molar-refractivity contribution in [2.75, 3.05) is 6.61 Å². The summed E-state index contributed by atoms with van der Waals surface area (Å²) in [5.41, 5.74) is 5.72. The van der Waals surface area contributed by atoms with Crippen molar-refractivity contribution < 1.29 is 27.4 Å². The third-order valence-electron chi connectivity index (χ3n) is 2.30. The molecule has 19 heavy (non-hydrogen) atoms. The van der Waals surface area contributed by atoms with Crippen LogP contribution in [0.2, 0.25) is 0 Å². The fraction of sp³-hybridized carbons (Fsp3) is 0.417. The average molecular weight is 277 g/mol. The van der Waals surface area contributed by atoms with Crippen LogP contribution in [0.3, 0.4) is 0 Å². The van der Waals surface area contributed by atoms with E-state index < -0.39 is 24.8 Å². The van der Waals surface area contributed by atoms with Crippen LogP contribution in [0.15, 0.2) is 24.3 Å². The van der Waals surface area contributed by atoms with Crippen LogP contribution in [0.5, 0.6) is 5.75 Å². The number of nitrogens with two attached hydrogens (primary N) is 1. The van der Waals surface area contributed by atoms with E-state index in [-0.39, 0.29) is 17.9 Å². The van der Waals surface area contributed by atoms with Gasteiger partial charge in [0.25, 0.3) is 0 Å². The van der Waals surface area contributed by atoms with Crippen LogP contribution in [0.4, 0.5) is 13.2 Å². The van der Waals surface area contributed by atoms with Crippen molar-refractivity contribution >= 4 is 5.97 Å². The lowest BCUT2D eigenvalue weighted by Gasteiger charge is -2.16. The third kappa shape index (κ3) is 4.44. The second-order valence-electron chi connectivity index (χ2n) is 3.63. The molecule has 0 aliphatic carbocycles. The highest BCUT2D eigenvalue weighted by molar-refractivity contribution is 5.75. The highest BCUT2D eigenvalue weighted by atomic mass is 19.3. The number of alkyl halides is 3. The molecule has 1 aromatic rings. The van der Waals surface area contributed by atoms with E-state index in [0.29, 0.717) is 0 Å². The van der Waals surface area contributed by atoms with Crippen LogP contribution in [0.1, 0.15) is 18.5 Å². The van der Waals surface area contributed by atoms with E-state index >= 15 is 0 Å². The molecule has 2 N–H and O–H groups in total. The third-order valence-corrected chi connectivity index (χ3v) is 2.30. The predicted molar refractivity (Wildman–Crippen MR) is 61.5 cm³/mol. The first-order valence-electron chi connectivity index (χ1n) is 5.56. The van der Waals surface area contributed by atoms with E-state index in [9.17, 15) is 18.0 Å². The molecule has 0 aliphatic heterocycles. The van der Waals surface area contributed by atoms with Crippen molar-refractivity contribution in [1.29, 1.82) is 0 Å². The first-order chi connectivity index (χ1) is 8.95. The van der Waals surface area contributed by atoms with Gasteiger partial charge in [-0.05, 0) is 24.6 Å². The van der Waals surface area contributed by atoms with Gasteiger partial charge < -0.3 is 15.2 Å². The largest absolute Gasteiger partial charge is 0.464 e. The molecule has 0 bridgehead atoms. The highest BCUT2D eigenvalue weighted by Gasteiger charge is 2.28. The number of carbonyl (C=O) groups is 1. The van der Waals surface area contributed by atoms with Gasteiger partial charge in [-0.1, -0.05) is 12.1 Å². The summed E-state index contributed by atoms with van der Waals surface area (Å²) in [7, 11) is 0. The van der Waals surface area contributed by atoms with Crippen LogP contribution < -0.4 is 10.5 Å². The fourth-order valence-corrected chi connectivity index (χ4v) is 1.44. The molecule has 0 saturated carbocycles. The van der Waals surface area contributed by atoms with Gasteiger partial charge >= 0.3 is 12.6 Å². The molecule has 4 nitrogen and oxygen atoms in total. The van der Waals surface area contributed by atoms with E-state index in [2.05, 4.69) is 9.47 Å². The van der Waals surface area contributed by atoms with Gasteiger partial charge in [0.2, 0.25) is 6.17 Å². The number of halogens is 3. The molecule has 2 atom stereocenters. The molecule has 0 saturated heterocycles. The number of benzene rings is 1. The molecule has 1 aromatic carbocycles. The normalized spacial score (nSPS) is 14.0. The summed E-state index contributed by atoms with van der Waals surface area (Å²) < 4.78 is 46.4. The molecule has 0 spiro atoms. The molecule has 0 radical (unpaired) electrons. The number of hydrogen-bond donors (Lipinski definition) is 1. The van der Waals surface area contributed by atoms with Gasteiger partial charge in [0.05, 0.1) is 12.6 Å². The number of ether oxygens (including phenoxy) is 2. The molecule has 0 aromatic heterocycles. The van der Waals surface area contributed by atoms with Gasteiger partial charge in [0.1, 0.15) is 5.75 Å². The number of rotatable bonds is 6. The number of carbonyl (C=O) groups excluding carboxylic acids is 1. The first kappa shape index (κ1) is 15.3. The lowest BCUT2D eigenvalue weighted by molar-refractivity contribution is -0.149. The molecule has 7 heteroatoms. The van der Waals surface area contributed by atoms with E-state index in [4.69, 9.17) is 5.73 Å². The van der Waals surface area contributed by atoms with Crippen LogP contribution in [-0.4, -0.2) is 25.4 Å². The Morgan fingerprint density at radius 1 is 1.37 bits per heavy atom. The Morgan fingerprint density at radius 2 is 2.05 bits per heavy atom. The molecule has 106 valence electrons. The summed E-state index contributed by atoms with van der Waals surface area (Å²) >= 11 is 0. The number of hydrogen-bond acceptors (Lipinski definition) is 4. The fourth-order valence-electron chi connectivity index (χ4n) is 1.44. The van der Waals surface area contributed by atoms with Crippen LogP contribution in [0.25, 0.3) is 0 Å². The first-order valence-corrected chi connectivity index (χ1v) is 5.56. The lowest BCUT2D eigenvalue weighted by Crippen LogP contribution is -2.31. The van der Waals surface area contributed by atoms with Gasteiger partial charge in [0.15, 0.2) is 0 Å². The monoisotopic (exact) mass is 277 g/mol. The second-order valence-corrected chi connectivity index (χ2v) is 3.63. The van der Waals surface area contributed by atoms with Gasteiger partial charge in [0, 0.05) is 0 Å². The zero-order valence-electron chi connectivity index (χ0n) is 10.2. The molecular weight excluding hydrogens is 263 g/mol. The highest BCUT2D eigenvalue weighted by Crippen LogP contribution is 2.23. The summed E-state index contributed by atoms with van der Waals surface area (Å²) in [5.74, 6) is -1.24. The summed E-state index contributed by atoms with van der Waals surface area (Å²) in [4.78, 5) is 11.2. The molecular formula is C12H14F3NO3. The van der Waals surface area contributed by atoms with E-state index in [1.54, 1.807) is 0 Å². The quantitative estimate of drug-likeness (QED) is 0.810. The van der Waals surface area contributed by atoms with Crippen molar-refractivity contribution in [1.82, 2.24) is 0 Å². The summed E-state index contributed by atoms with van der Waals surface area (Å²) in [6.07, 6.45) is -2.07. The topological polar surface area (TPSA) is 61.5 Å². The second kappa shape index (κ2) is 6.98. The van der Waals surface area contributed by atoms with Crippen molar-refractivity contribution in [2.45, 2.75) is 25.7 Å². The zero-order valence-corrected chi connectivity index (χ0v) is 10.2. The Kier molecular flexibility index (Phi) is 5.62.